The molecule has 3 nitrogen and oxygen atoms in total. The molecule has 18 heavy (non-hydrogen) atoms. The van der Waals surface area contributed by atoms with Crippen LogP contribution < -0.4 is 0 Å². The van der Waals surface area contributed by atoms with E-state index in [-0.39, 0.29) is 5.82 Å². The van der Waals surface area contributed by atoms with E-state index >= 15 is 0 Å². The van der Waals surface area contributed by atoms with E-state index in [1.54, 1.807) is 12.1 Å². The fourth-order valence-corrected chi connectivity index (χ4v) is 2.49. The fourth-order valence-electron chi connectivity index (χ4n) is 2.11. The normalized spacial score (nSPS) is 15.0. The first-order valence-corrected chi connectivity index (χ1v) is 7.13. The second kappa shape index (κ2) is 4.80. The fraction of sp³-hybridized carbons (Fsp3) is 0.385. The van der Waals surface area contributed by atoms with Gasteiger partial charge in [-0.15, -0.1) is 10.2 Å². The lowest BCUT2D eigenvalue weighted by molar-refractivity contribution is 0.626. The highest BCUT2D eigenvalue weighted by atomic mass is 79.9. The summed E-state index contributed by atoms with van der Waals surface area (Å²) in [5.41, 5.74) is 1.06. The molecule has 1 fully saturated rings. The van der Waals surface area contributed by atoms with E-state index in [0.717, 1.165) is 22.5 Å². The second-order valence-electron chi connectivity index (χ2n) is 4.57. The van der Waals surface area contributed by atoms with Crippen molar-refractivity contribution in [1.82, 2.24) is 14.8 Å². The van der Waals surface area contributed by atoms with E-state index < -0.39 is 0 Å². The van der Waals surface area contributed by atoms with Crippen LogP contribution >= 0.6 is 15.9 Å². The van der Waals surface area contributed by atoms with Crippen molar-refractivity contribution in [3.63, 3.8) is 0 Å². The summed E-state index contributed by atoms with van der Waals surface area (Å²) < 4.78 is 15.1. The average molecular weight is 310 g/mol. The number of hydrogen-bond donors (Lipinski definition) is 0. The van der Waals surface area contributed by atoms with Crippen LogP contribution in [0.4, 0.5) is 4.39 Å². The smallest absolute Gasteiger partial charge is 0.143 e. The first-order chi connectivity index (χ1) is 8.78. The number of benzene rings is 1. The molecule has 0 saturated heterocycles. The molecule has 0 amide bonds. The first kappa shape index (κ1) is 11.8. The summed E-state index contributed by atoms with van der Waals surface area (Å²) in [6, 6.07) is 7.13. The van der Waals surface area contributed by atoms with Gasteiger partial charge in [0, 0.05) is 12.5 Å². The van der Waals surface area contributed by atoms with Crippen molar-refractivity contribution in [2.75, 3.05) is 0 Å². The van der Waals surface area contributed by atoms with Gasteiger partial charge in [-0.05, 0) is 30.5 Å². The third-order valence-electron chi connectivity index (χ3n) is 3.14. The van der Waals surface area contributed by atoms with Gasteiger partial charge in [-0.1, -0.05) is 28.1 Å². The number of alkyl halides is 1. The zero-order valence-corrected chi connectivity index (χ0v) is 11.4. The number of hydrogen-bond acceptors (Lipinski definition) is 2. The summed E-state index contributed by atoms with van der Waals surface area (Å²) in [4.78, 5) is 0. The first-order valence-electron chi connectivity index (χ1n) is 6.01. The van der Waals surface area contributed by atoms with Crippen molar-refractivity contribution < 1.29 is 4.39 Å². The third-order valence-corrected chi connectivity index (χ3v) is 3.65. The monoisotopic (exact) mass is 309 g/mol. The molecule has 1 aromatic carbocycles. The minimum atomic E-state index is -0.205. The van der Waals surface area contributed by atoms with E-state index in [4.69, 9.17) is 0 Å². The van der Waals surface area contributed by atoms with Crippen LogP contribution in [-0.4, -0.2) is 14.8 Å². The Morgan fingerprint density at radius 3 is 2.44 bits per heavy atom. The third kappa shape index (κ3) is 2.32. The van der Waals surface area contributed by atoms with Gasteiger partial charge in [0.05, 0.1) is 5.33 Å². The minimum Gasteiger partial charge on any atom is -0.311 e. The lowest BCUT2D eigenvalue weighted by Crippen LogP contribution is -2.05. The summed E-state index contributed by atoms with van der Waals surface area (Å²) in [5.74, 6) is 1.75. The van der Waals surface area contributed by atoms with E-state index in [1.807, 2.05) is 0 Å². The molecule has 0 radical (unpaired) electrons. The van der Waals surface area contributed by atoms with Crippen LogP contribution in [0, 0.1) is 5.82 Å². The second-order valence-corrected chi connectivity index (χ2v) is 5.13. The van der Waals surface area contributed by atoms with Crippen LogP contribution in [0.5, 0.6) is 0 Å². The van der Waals surface area contributed by atoms with Gasteiger partial charge < -0.3 is 4.57 Å². The van der Waals surface area contributed by atoms with E-state index in [1.165, 1.54) is 25.0 Å². The highest BCUT2D eigenvalue weighted by Gasteiger charge is 2.28. The predicted molar refractivity (Wildman–Crippen MR) is 70.1 cm³/mol. The van der Waals surface area contributed by atoms with Crippen LogP contribution in [0.3, 0.4) is 0 Å². The van der Waals surface area contributed by atoms with E-state index in [9.17, 15) is 4.39 Å². The molecule has 94 valence electrons. The molecular weight excluding hydrogens is 297 g/mol. The topological polar surface area (TPSA) is 30.7 Å². The predicted octanol–water partition coefficient (Wildman–Crippen LogP) is 3.24. The Morgan fingerprint density at radius 1 is 1.17 bits per heavy atom. The summed E-state index contributed by atoms with van der Waals surface area (Å²) in [6.07, 6.45) is 3.11. The maximum absolute atomic E-state index is 12.9. The lowest BCUT2D eigenvalue weighted by atomic mass is 10.1. The van der Waals surface area contributed by atoms with Gasteiger partial charge in [0.15, 0.2) is 0 Å². The van der Waals surface area contributed by atoms with Gasteiger partial charge in [0.2, 0.25) is 0 Å². The van der Waals surface area contributed by atoms with Crippen LogP contribution in [0.2, 0.25) is 0 Å². The molecule has 5 heteroatoms. The lowest BCUT2D eigenvalue weighted by Gasteiger charge is -2.07. The van der Waals surface area contributed by atoms with Gasteiger partial charge in [-0.2, -0.15) is 0 Å². The largest absolute Gasteiger partial charge is 0.311 e. The zero-order valence-electron chi connectivity index (χ0n) is 9.81. The Morgan fingerprint density at radius 2 is 1.83 bits per heavy atom. The molecule has 0 bridgehead atoms. The molecular formula is C13H13BrFN3. The molecule has 3 rings (SSSR count). The molecule has 0 aliphatic heterocycles. The van der Waals surface area contributed by atoms with Gasteiger partial charge in [-0.3, -0.25) is 0 Å². The molecule has 0 spiro atoms. The van der Waals surface area contributed by atoms with Gasteiger partial charge >= 0.3 is 0 Å². The molecule has 1 aliphatic carbocycles. The summed E-state index contributed by atoms with van der Waals surface area (Å²) in [5, 5.41) is 9.18. The maximum Gasteiger partial charge on any atom is 0.143 e. The molecule has 1 heterocycles. The standard InChI is InChI=1S/C13H13BrFN3/c14-8-13-17-16-12(18(13)11-5-6-11)7-9-1-3-10(15)4-2-9/h1-4,11H,5-8H2. The number of halogens is 2. The van der Waals surface area contributed by atoms with E-state index in [0.29, 0.717) is 12.5 Å². The Bertz CT molecular complexity index is 546. The Labute approximate surface area is 113 Å². The number of rotatable bonds is 4. The SMILES string of the molecule is Fc1ccc(Cc2nnc(CBr)n2C2CC2)cc1. The van der Waals surface area contributed by atoms with Gasteiger partial charge in [-0.25, -0.2) is 4.39 Å². The highest BCUT2D eigenvalue weighted by Crippen LogP contribution is 2.37. The number of aromatic nitrogens is 3. The van der Waals surface area contributed by atoms with Crippen LogP contribution in [-0.2, 0) is 11.8 Å². The molecule has 2 aromatic rings. The van der Waals surface area contributed by atoms with Crippen molar-refractivity contribution in [2.45, 2.75) is 30.6 Å². The average Bonchev–Trinajstić information content (AvgIpc) is 3.14. The van der Waals surface area contributed by atoms with Crippen molar-refractivity contribution >= 4 is 15.9 Å². The zero-order chi connectivity index (χ0) is 12.5. The van der Waals surface area contributed by atoms with Crippen LogP contribution in [0.1, 0.15) is 36.1 Å². The summed E-state index contributed by atoms with van der Waals surface area (Å²) in [7, 11) is 0. The molecule has 1 aliphatic rings. The molecule has 0 atom stereocenters. The minimum absolute atomic E-state index is 0.205. The summed E-state index contributed by atoms with van der Waals surface area (Å²) in [6.45, 7) is 0. The molecule has 0 N–H and O–H groups in total. The van der Waals surface area contributed by atoms with Crippen LogP contribution in [0.15, 0.2) is 24.3 Å². The van der Waals surface area contributed by atoms with Crippen molar-refractivity contribution in [1.29, 1.82) is 0 Å². The Balaban J connectivity index is 1.88. The maximum atomic E-state index is 12.9. The van der Waals surface area contributed by atoms with Gasteiger partial charge in [0.1, 0.15) is 17.5 Å². The van der Waals surface area contributed by atoms with Crippen molar-refractivity contribution in [3.8, 4) is 0 Å². The molecule has 0 unspecified atom stereocenters. The van der Waals surface area contributed by atoms with Crippen LogP contribution in [0.25, 0.3) is 0 Å². The highest BCUT2D eigenvalue weighted by molar-refractivity contribution is 9.08. The quantitative estimate of drug-likeness (QED) is 0.812. The molecule has 1 aromatic heterocycles. The Hall–Kier alpha value is -1.23. The van der Waals surface area contributed by atoms with Gasteiger partial charge in [0.25, 0.3) is 0 Å². The summed E-state index contributed by atoms with van der Waals surface area (Å²) >= 11 is 3.44. The Kier molecular flexibility index (Phi) is 3.16. The van der Waals surface area contributed by atoms with Crippen molar-refractivity contribution in [2.24, 2.45) is 0 Å². The van der Waals surface area contributed by atoms with Crippen molar-refractivity contribution in [3.05, 3.63) is 47.3 Å². The van der Waals surface area contributed by atoms with E-state index in [2.05, 4.69) is 30.7 Å². The number of nitrogens with zero attached hydrogens (tertiary/aromatic N) is 3. The molecule has 1 saturated carbocycles.